The molecule has 0 unspecified atom stereocenters. The summed E-state index contributed by atoms with van der Waals surface area (Å²) >= 11 is 0. The van der Waals surface area contributed by atoms with E-state index >= 15 is 0 Å². The van der Waals surface area contributed by atoms with E-state index < -0.39 is 5.97 Å². The van der Waals surface area contributed by atoms with Gasteiger partial charge in [0.05, 0.1) is 30.9 Å². The molecule has 1 aromatic rings. The van der Waals surface area contributed by atoms with E-state index in [0.29, 0.717) is 23.1 Å². The zero-order valence-electron chi connectivity index (χ0n) is 10.9. The van der Waals surface area contributed by atoms with Gasteiger partial charge in [-0.25, -0.2) is 4.79 Å². The van der Waals surface area contributed by atoms with E-state index in [9.17, 15) is 9.59 Å². The van der Waals surface area contributed by atoms with Gasteiger partial charge in [-0.1, -0.05) is 0 Å². The molecule has 19 heavy (non-hydrogen) atoms. The van der Waals surface area contributed by atoms with Crippen LogP contribution in [0.15, 0.2) is 18.2 Å². The molecule has 0 saturated heterocycles. The molecule has 0 N–H and O–H groups in total. The number of nitrogens with zero attached hydrogens (tertiary/aromatic N) is 1. The fourth-order valence-electron chi connectivity index (χ4n) is 1.62. The van der Waals surface area contributed by atoms with Gasteiger partial charge in [0.25, 0.3) is 0 Å². The molecule has 0 saturated carbocycles. The topological polar surface area (TPSA) is 76.4 Å². The van der Waals surface area contributed by atoms with Gasteiger partial charge in [-0.2, -0.15) is 5.26 Å². The fraction of sp³-hybridized carbons (Fsp3) is 0.357. The van der Waals surface area contributed by atoms with Gasteiger partial charge in [-0.3, -0.25) is 4.79 Å². The second-order valence-electron chi connectivity index (χ2n) is 3.78. The van der Waals surface area contributed by atoms with Crippen LogP contribution in [0.1, 0.15) is 34.8 Å². The molecule has 0 amide bonds. The molecule has 0 fully saturated rings. The van der Waals surface area contributed by atoms with Crippen LogP contribution in [0.5, 0.6) is 0 Å². The number of ether oxygens (including phenoxy) is 2. The van der Waals surface area contributed by atoms with Crippen LogP contribution in [0.4, 0.5) is 0 Å². The predicted octanol–water partition coefficient (Wildman–Crippen LogP) is 1.84. The first-order valence-electron chi connectivity index (χ1n) is 5.89. The molecule has 1 aromatic carbocycles. The molecular formula is C14H15NO4. The average Bonchev–Trinajstić information content (AvgIpc) is 2.44. The molecule has 5 heteroatoms. The Hall–Kier alpha value is -2.35. The van der Waals surface area contributed by atoms with Gasteiger partial charge >= 0.3 is 11.9 Å². The summed E-state index contributed by atoms with van der Waals surface area (Å²) in [6.45, 7) is 1.99. The number of carbonyl (C=O) groups excluding carboxylic acids is 2. The highest BCUT2D eigenvalue weighted by molar-refractivity contribution is 5.91. The monoisotopic (exact) mass is 261 g/mol. The van der Waals surface area contributed by atoms with Crippen LogP contribution in [-0.4, -0.2) is 25.7 Å². The van der Waals surface area contributed by atoms with Crippen molar-refractivity contribution in [3.63, 3.8) is 0 Å². The molecule has 100 valence electrons. The minimum atomic E-state index is -0.452. The van der Waals surface area contributed by atoms with Crippen molar-refractivity contribution in [2.24, 2.45) is 0 Å². The molecule has 0 aliphatic carbocycles. The quantitative estimate of drug-likeness (QED) is 0.756. The second kappa shape index (κ2) is 7.17. The largest absolute Gasteiger partial charge is 0.469 e. The van der Waals surface area contributed by atoms with Crippen molar-refractivity contribution >= 4 is 11.9 Å². The highest BCUT2D eigenvalue weighted by atomic mass is 16.5. The first kappa shape index (κ1) is 14.7. The predicted molar refractivity (Wildman–Crippen MR) is 67.5 cm³/mol. The van der Waals surface area contributed by atoms with Crippen molar-refractivity contribution < 1.29 is 19.1 Å². The van der Waals surface area contributed by atoms with Crippen LogP contribution in [0, 0.1) is 11.3 Å². The Balaban J connectivity index is 2.99. The summed E-state index contributed by atoms with van der Waals surface area (Å²) in [6, 6.07) is 6.69. The van der Waals surface area contributed by atoms with Crippen LogP contribution < -0.4 is 0 Å². The fourth-order valence-corrected chi connectivity index (χ4v) is 1.62. The molecule has 0 aromatic heterocycles. The zero-order chi connectivity index (χ0) is 14.3. The Bertz CT molecular complexity index is 517. The molecule has 0 aliphatic heterocycles. The second-order valence-corrected chi connectivity index (χ2v) is 3.78. The van der Waals surface area contributed by atoms with Gasteiger partial charge in [0.1, 0.15) is 0 Å². The minimum absolute atomic E-state index is 0.151. The third kappa shape index (κ3) is 4.11. The minimum Gasteiger partial charge on any atom is -0.469 e. The van der Waals surface area contributed by atoms with Crippen molar-refractivity contribution in [3.05, 3.63) is 34.9 Å². The van der Waals surface area contributed by atoms with Crippen molar-refractivity contribution in [2.75, 3.05) is 13.7 Å². The van der Waals surface area contributed by atoms with E-state index in [4.69, 9.17) is 10.00 Å². The summed E-state index contributed by atoms with van der Waals surface area (Å²) < 4.78 is 9.49. The Morgan fingerprint density at radius 2 is 2.11 bits per heavy atom. The molecule has 0 spiro atoms. The summed E-state index contributed by atoms with van der Waals surface area (Å²) in [6.07, 6.45) is 0.480. The molecule has 5 nitrogen and oxygen atoms in total. The van der Waals surface area contributed by atoms with E-state index in [1.165, 1.54) is 7.11 Å². The summed E-state index contributed by atoms with van der Waals surface area (Å²) in [5, 5.41) is 8.86. The molecule has 0 atom stereocenters. The first-order chi connectivity index (χ1) is 9.12. The molecular weight excluding hydrogens is 246 g/mol. The van der Waals surface area contributed by atoms with E-state index in [1.54, 1.807) is 25.1 Å². The number of carbonyl (C=O) groups is 2. The number of hydrogen-bond acceptors (Lipinski definition) is 5. The van der Waals surface area contributed by atoms with E-state index in [1.807, 2.05) is 6.07 Å². The van der Waals surface area contributed by atoms with Crippen LogP contribution in [-0.2, 0) is 20.7 Å². The normalized spacial score (nSPS) is 9.53. The number of rotatable bonds is 5. The lowest BCUT2D eigenvalue weighted by Crippen LogP contribution is -2.10. The molecule has 1 rings (SSSR count). The summed E-state index contributed by atoms with van der Waals surface area (Å²) in [4.78, 5) is 22.9. The van der Waals surface area contributed by atoms with Gasteiger partial charge in [-0.05, 0) is 37.1 Å². The lowest BCUT2D eigenvalue weighted by Gasteiger charge is -2.08. The first-order valence-corrected chi connectivity index (χ1v) is 5.89. The van der Waals surface area contributed by atoms with Crippen molar-refractivity contribution in [1.29, 1.82) is 5.26 Å². The highest BCUT2D eigenvalue weighted by Gasteiger charge is 2.14. The Morgan fingerprint density at radius 1 is 1.37 bits per heavy atom. The van der Waals surface area contributed by atoms with Crippen molar-refractivity contribution in [3.8, 4) is 6.07 Å². The van der Waals surface area contributed by atoms with Gasteiger partial charge in [0.2, 0.25) is 0 Å². The molecule has 0 radical (unpaired) electrons. The summed E-state index contributed by atoms with van der Waals surface area (Å²) in [5.74, 6) is -0.816. The number of nitriles is 1. The van der Waals surface area contributed by atoms with Crippen LogP contribution >= 0.6 is 0 Å². The van der Waals surface area contributed by atoms with E-state index in [2.05, 4.69) is 4.74 Å². The van der Waals surface area contributed by atoms with Crippen LogP contribution in [0.2, 0.25) is 0 Å². The maximum Gasteiger partial charge on any atom is 0.338 e. The SMILES string of the molecule is CCOC(=O)c1ccc(C#N)cc1CCC(=O)OC. The zero-order valence-corrected chi connectivity index (χ0v) is 10.9. The lowest BCUT2D eigenvalue weighted by molar-refractivity contribution is -0.140. The highest BCUT2D eigenvalue weighted by Crippen LogP contribution is 2.15. The van der Waals surface area contributed by atoms with Crippen molar-refractivity contribution in [2.45, 2.75) is 19.8 Å². The Labute approximate surface area is 111 Å². The maximum absolute atomic E-state index is 11.8. The lowest BCUT2D eigenvalue weighted by atomic mass is 10.00. The number of benzene rings is 1. The Morgan fingerprint density at radius 3 is 2.68 bits per heavy atom. The van der Waals surface area contributed by atoms with Gasteiger partial charge < -0.3 is 9.47 Å². The van der Waals surface area contributed by atoms with E-state index in [-0.39, 0.29) is 19.0 Å². The number of esters is 2. The summed E-state index contributed by atoms with van der Waals surface area (Å²) in [5.41, 5.74) is 1.43. The number of hydrogen-bond donors (Lipinski definition) is 0. The molecule has 0 bridgehead atoms. The van der Waals surface area contributed by atoms with Crippen LogP contribution in [0.25, 0.3) is 0 Å². The van der Waals surface area contributed by atoms with Crippen molar-refractivity contribution in [1.82, 2.24) is 0 Å². The third-order valence-electron chi connectivity index (χ3n) is 2.56. The van der Waals surface area contributed by atoms with E-state index in [0.717, 1.165) is 0 Å². The number of methoxy groups -OCH3 is 1. The smallest absolute Gasteiger partial charge is 0.338 e. The third-order valence-corrected chi connectivity index (χ3v) is 2.56. The summed E-state index contributed by atoms with van der Waals surface area (Å²) in [7, 11) is 1.31. The Kier molecular flexibility index (Phi) is 5.55. The molecule has 0 heterocycles. The maximum atomic E-state index is 11.8. The number of aryl methyl sites for hydroxylation is 1. The van der Waals surface area contributed by atoms with Crippen LogP contribution in [0.3, 0.4) is 0 Å². The van der Waals surface area contributed by atoms with Gasteiger partial charge in [0.15, 0.2) is 0 Å². The molecule has 0 aliphatic rings. The standard InChI is InChI=1S/C14H15NO4/c1-3-19-14(17)12-6-4-10(9-15)8-11(12)5-7-13(16)18-2/h4,6,8H,3,5,7H2,1-2H3. The van der Waals surface area contributed by atoms with Gasteiger partial charge in [-0.15, -0.1) is 0 Å². The average molecular weight is 261 g/mol. The van der Waals surface area contributed by atoms with Gasteiger partial charge in [0, 0.05) is 6.42 Å².